The van der Waals surface area contributed by atoms with E-state index < -0.39 is 11.9 Å². The van der Waals surface area contributed by atoms with Crippen molar-refractivity contribution >= 4 is 12.0 Å². The fourth-order valence-corrected chi connectivity index (χ4v) is 6.05. The Morgan fingerprint density at radius 2 is 1.88 bits per heavy atom. The maximum absolute atomic E-state index is 13.6. The summed E-state index contributed by atoms with van der Waals surface area (Å²) < 4.78 is 48.4. The summed E-state index contributed by atoms with van der Waals surface area (Å²) in [5.74, 6) is 0.479. The van der Waals surface area contributed by atoms with Crippen LogP contribution >= 0.6 is 12.0 Å². The van der Waals surface area contributed by atoms with Gasteiger partial charge in [0.25, 0.3) is 0 Å². The van der Waals surface area contributed by atoms with Gasteiger partial charge >= 0.3 is 5.25 Å². The molecule has 0 heterocycles. The Kier molecular flexibility index (Phi) is 5.66. The van der Waals surface area contributed by atoms with E-state index in [4.69, 9.17) is 19.5 Å². The quantitative estimate of drug-likeness (QED) is 0.349. The SMILES string of the molecule is CCOC12CC3CC(COCC(F)(F)SOOO)(CC(OC)(C3)C1)C2. The van der Waals surface area contributed by atoms with Crippen molar-refractivity contribution in [2.75, 3.05) is 26.9 Å². The lowest BCUT2D eigenvalue weighted by atomic mass is 9.46. The second-order valence-corrected chi connectivity index (χ2v) is 8.77. The molecule has 1 N–H and O–H groups in total. The van der Waals surface area contributed by atoms with Gasteiger partial charge in [0.15, 0.2) is 0 Å². The summed E-state index contributed by atoms with van der Waals surface area (Å²) in [5, 5.41) is 7.91. The van der Waals surface area contributed by atoms with Gasteiger partial charge in [-0.15, -0.1) is 4.33 Å². The molecule has 0 radical (unpaired) electrons. The molecule has 0 aromatic rings. The summed E-state index contributed by atoms with van der Waals surface area (Å²) in [5.41, 5.74) is -0.651. The lowest BCUT2D eigenvalue weighted by molar-refractivity contribution is -0.433. The van der Waals surface area contributed by atoms with Crippen LogP contribution in [0.2, 0.25) is 0 Å². The first-order valence-electron chi connectivity index (χ1n) is 8.60. The molecule has 4 bridgehead atoms. The van der Waals surface area contributed by atoms with Gasteiger partial charge in [-0.05, 0) is 50.4 Å². The van der Waals surface area contributed by atoms with Gasteiger partial charge in [-0.2, -0.15) is 8.78 Å². The molecule has 4 aliphatic carbocycles. The van der Waals surface area contributed by atoms with Crippen molar-refractivity contribution in [2.45, 2.75) is 61.9 Å². The van der Waals surface area contributed by atoms with Crippen molar-refractivity contribution in [3.8, 4) is 0 Å². The molecule has 9 heteroatoms. The third-order valence-corrected chi connectivity index (χ3v) is 6.32. The second kappa shape index (κ2) is 7.18. The summed E-state index contributed by atoms with van der Waals surface area (Å²) in [6.45, 7) is 2.05. The minimum atomic E-state index is -3.30. The van der Waals surface area contributed by atoms with E-state index >= 15 is 0 Å². The van der Waals surface area contributed by atoms with E-state index in [0.29, 0.717) is 12.5 Å². The maximum Gasteiger partial charge on any atom is 0.343 e. The van der Waals surface area contributed by atoms with E-state index in [1.54, 1.807) is 7.11 Å². The van der Waals surface area contributed by atoms with Crippen LogP contribution in [-0.2, 0) is 23.6 Å². The highest BCUT2D eigenvalue weighted by Gasteiger charge is 2.64. The molecule has 146 valence electrons. The lowest BCUT2D eigenvalue weighted by Gasteiger charge is -2.65. The first-order chi connectivity index (χ1) is 11.8. The molecule has 0 aliphatic heterocycles. The summed E-state index contributed by atoms with van der Waals surface area (Å²) in [6, 6.07) is 0. The molecule has 4 atom stereocenters. The third-order valence-electron chi connectivity index (χ3n) is 5.83. The Morgan fingerprint density at radius 1 is 1.16 bits per heavy atom. The molecule has 4 fully saturated rings. The second-order valence-electron chi connectivity index (χ2n) is 7.87. The minimum absolute atomic E-state index is 0.195. The number of methoxy groups -OCH3 is 1. The topological polar surface area (TPSA) is 66.4 Å². The van der Waals surface area contributed by atoms with Crippen molar-refractivity contribution < 1.29 is 37.6 Å². The van der Waals surface area contributed by atoms with Gasteiger partial charge in [-0.25, -0.2) is 5.26 Å². The molecule has 25 heavy (non-hydrogen) atoms. The van der Waals surface area contributed by atoms with Gasteiger partial charge in [0, 0.05) is 20.1 Å². The minimum Gasteiger partial charge on any atom is -0.378 e. The Balaban J connectivity index is 1.66. The van der Waals surface area contributed by atoms with E-state index in [9.17, 15) is 8.78 Å². The normalized spacial score (nSPS) is 40.0. The van der Waals surface area contributed by atoms with Crippen LogP contribution in [-0.4, -0.2) is 48.6 Å². The standard InChI is InChI=1S/C16H26F2O6S/c1-3-22-15-6-12-4-13(8-15,7-14(5-12,9-15)20-2)10-21-11-16(17,18)25-24-23-19/h12,19H,3-11H2,1-2H3. The number of ether oxygens (including phenoxy) is 3. The molecule has 4 rings (SSSR count). The average molecular weight is 384 g/mol. The fourth-order valence-electron chi connectivity index (χ4n) is 5.79. The molecule has 4 aliphatic rings. The van der Waals surface area contributed by atoms with Crippen LogP contribution in [0.5, 0.6) is 0 Å². The van der Waals surface area contributed by atoms with Crippen LogP contribution in [0.1, 0.15) is 45.4 Å². The van der Waals surface area contributed by atoms with Crippen LogP contribution in [0.3, 0.4) is 0 Å². The van der Waals surface area contributed by atoms with Crippen molar-refractivity contribution in [3.63, 3.8) is 0 Å². The van der Waals surface area contributed by atoms with Gasteiger partial charge in [-0.1, -0.05) is 5.04 Å². The summed E-state index contributed by atoms with van der Waals surface area (Å²) in [6.07, 6.45) is 5.49. The molecule has 0 aromatic heterocycles. The van der Waals surface area contributed by atoms with Crippen molar-refractivity contribution in [3.05, 3.63) is 0 Å². The predicted octanol–water partition coefficient (Wildman–Crippen LogP) is 3.81. The molecule has 6 nitrogen and oxygen atoms in total. The molecular weight excluding hydrogens is 358 g/mol. The van der Waals surface area contributed by atoms with Crippen molar-refractivity contribution in [2.24, 2.45) is 11.3 Å². The molecule has 0 aromatic carbocycles. The van der Waals surface area contributed by atoms with Gasteiger partial charge in [-0.3, -0.25) is 0 Å². The third kappa shape index (κ3) is 4.12. The largest absolute Gasteiger partial charge is 0.378 e. The van der Waals surface area contributed by atoms with E-state index in [0.717, 1.165) is 38.5 Å². The maximum atomic E-state index is 13.6. The number of hydrogen-bond acceptors (Lipinski definition) is 7. The highest BCUT2D eigenvalue weighted by atomic mass is 32.2. The van der Waals surface area contributed by atoms with Gasteiger partial charge in [0.1, 0.15) is 18.6 Å². The molecular formula is C16H26F2O6S. The molecule has 0 amide bonds. The van der Waals surface area contributed by atoms with Crippen molar-refractivity contribution in [1.82, 2.24) is 0 Å². The van der Waals surface area contributed by atoms with E-state index in [-0.39, 0.29) is 35.3 Å². The van der Waals surface area contributed by atoms with E-state index in [1.807, 2.05) is 6.92 Å². The molecule has 0 saturated heterocycles. The lowest BCUT2D eigenvalue weighted by Crippen LogP contribution is -2.65. The molecule has 4 unspecified atom stereocenters. The molecule has 0 spiro atoms. The Hall–Kier alpha value is -0.0300. The Bertz CT molecular complexity index is 484. The average Bonchev–Trinajstić information content (AvgIpc) is 2.51. The fraction of sp³-hybridized carbons (Fsp3) is 1.00. The van der Waals surface area contributed by atoms with E-state index in [1.165, 1.54) is 0 Å². The monoisotopic (exact) mass is 384 g/mol. The van der Waals surface area contributed by atoms with Crippen molar-refractivity contribution in [1.29, 1.82) is 0 Å². The van der Waals surface area contributed by atoms with Crippen LogP contribution in [0, 0.1) is 11.3 Å². The summed E-state index contributed by atoms with van der Waals surface area (Å²) in [7, 11) is 1.73. The smallest absolute Gasteiger partial charge is 0.343 e. The summed E-state index contributed by atoms with van der Waals surface area (Å²) >= 11 is -0.273. The Labute approximate surface area is 150 Å². The van der Waals surface area contributed by atoms with Crippen LogP contribution in [0.25, 0.3) is 0 Å². The zero-order valence-electron chi connectivity index (χ0n) is 14.6. The zero-order chi connectivity index (χ0) is 18.2. The number of alkyl halides is 2. The Morgan fingerprint density at radius 3 is 2.56 bits per heavy atom. The predicted molar refractivity (Wildman–Crippen MR) is 85.9 cm³/mol. The van der Waals surface area contributed by atoms with Gasteiger partial charge in [0.05, 0.1) is 17.8 Å². The van der Waals surface area contributed by atoms with Gasteiger partial charge in [0.2, 0.25) is 0 Å². The molecule has 4 saturated carbocycles. The van der Waals surface area contributed by atoms with E-state index in [2.05, 4.69) is 9.37 Å². The zero-order valence-corrected chi connectivity index (χ0v) is 15.4. The number of halogens is 2. The first kappa shape index (κ1) is 19.7. The van der Waals surface area contributed by atoms with Gasteiger partial charge < -0.3 is 14.2 Å². The highest BCUT2D eigenvalue weighted by Crippen LogP contribution is 2.65. The summed E-state index contributed by atoms with van der Waals surface area (Å²) in [4.78, 5) is 0. The number of hydrogen-bond donors (Lipinski definition) is 1. The first-order valence-corrected chi connectivity index (χ1v) is 9.34. The van der Waals surface area contributed by atoms with Crippen LogP contribution in [0.4, 0.5) is 8.78 Å². The highest BCUT2D eigenvalue weighted by molar-refractivity contribution is 7.95. The van der Waals surface area contributed by atoms with Crippen LogP contribution < -0.4 is 0 Å². The van der Waals surface area contributed by atoms with Crippen LogP contribution in [0.15, 0.2) is 0 Å². The number of rotatable bonds is 10.